The summed E-state index contributed by atoms with van der Waals surface area (Å²) in [5, 5.41) is 0. The van der Waals surface area contributed by atoms with Gasteiger partial charge in [-0.3, -0.25) is 0 Å². The van der Waals surface area contributed by atoms with Gasteiger partial charge in [-0.25, -0.2) is 0 Å². The van der Waals surface area contributed by atoms with Crippen LogP contribution < -0.4 is 0 Å². The maximum Gasteiger partial charge on any atom is 0.0341 e. The summed E-state index contributed by atoms with van der Waals surface area (Å²) >= 11 is 0. The molecule has 15 heavy (non-hydrogen) atoms. The fourth-order valence-corrected chi connectivity index (χ4v) is 1.24. The van der Waals surface area contributed by atoms with Crippen LogP contribution >= 0.6 is 0 Å². The molecular formula is C13H8IrN-. The van der Waals surface area contributed by atoms with Gasteiger partial charge in [-0.05, 0) is 18.7 Å². The molecule has 0 N–H and O–H groups in total. The standard InChI is InChI=1S/C13H8N.Ir/c1-10-5-3-7-12(9-10)13-8-4-6-11(2)14-13;/h1-8H;/q-1;. The number of benzene rings is 1. The zero-order valence-corrected chi connectivity index (χ0v) is 10.3. The van der Waals surface area contributed by atoms with Crippen molar-refractivity contribution in [3.05, 3.63) is 67.6 Å². The molecule has 2 rings (SSSR count). The quantitative estimate of drug-likeness (QED) is 0.704. The van der Waals surface area contributed by atoms with Crippen LogP contribution in [0.3, 0.4) is 0 Å². The molecule has 5 radical (unpaired) electrons. The minimum atomic E-state index is 0. The molecule has 1 heterocycles. The maximum absolute atomic E-state index is 5.62. The van der Waals surface area contributed by atoms with Gasteiger partial charge in [0.2, 0.25) is 0 Å². The predicted octanol–water partition coefficient (Wildman–Crippen LogP) is 2.66. The van der Waals surface area contributed by atoms with Crippen molar-refractivity contribution in [3.8, 4) is 11.3 Å². The van der Waals surface area contributed by atoms with Crippen LogP contribution in [0.2, 0.25) is 0 Å². The fourth-order valence-electron chi connectivity index (χ4n) is 1.24. The topological polar surface area (TPSA) is 12.9 Å². The Labute approximate surface area is 104 Å². The first-order chi connectivity index (χ1) is 6.75. The van der Waals surface area contributed by atoms with Gasteiger partial charge in [0.25, 0.3) is 0 Å². The van der Waals surface area contributed by atoms with Crippen molar-refractivity contribution in [2.24, 2.45) is 0 Å². The minimum absolute atomic E-state index is 0. The van der Waals surface area contributed by atoms with Crippen molar-refractivity contribution in [1.29, 1.82) is 0 Å². The summed E-state index contributed by atoms with van der Waals surface area (Å²) in [7, 11) is 0. The normalized spacial score (nSPS) is 9.47. The summed E-state index contributed by atoms with van der Waals surface area (Å²) in [4.78, 5) is 4.18. The average molecular weight is 370 g/mol. The summed E-state index contributed by atoms with van der Waals surface area (Å²) in [6.45, 7) is 11.2. The molecule has 0 spiro atoms. The molecule has 0 amide bonds. The minimum Gasteiger partial charge on any atom is -0.301 e. The van der Waals surface area contributed by atoms with E-state index in [0.717, 1.165) is 11.3 Å². The first-order valence-corrected chi connectivity index (χ1v) is 4.26. The molecule has 0 bridgehead atoms. The molecule has 1 nitrogen and oxygen atoms in total. The summed E-state index contributed by atoms with van der Waals surface area (Å²) in [6, 6.07) is 14.0. The van der Waals surface area contributed by atoms with Gasteiger partial charge in [-0.2, -0.15) is 0 Å². The van der Waals surface area contributed by atoms with Crippen molar-refractivity contribution in [2.45, 2.75) is 0 Å². The second kappa shape index (κ2) is 5.20. The van der Waals surface area contributed by atoms with E-state index in [-0.39, 0.29) is 20.1 Å². The van der Waals surface area contributed by atoms with Gasteiger partial charge in [0.15, 0.2) is 0 Å². The van der Waals surface area contributed by atoms with Crippen LogP contribution in [0.4, 0.5) is 0 Å². The first kappa shape index (κ1) is 12.1. The summed E-state index contributed by atoms with van der Waals surface area (Å²) in [5.74, 6) is 0. The van der Waals surface area contributed by atoms with Crippen LogP contribution in [0.1, 0.15) is 11.3 Å². The second-order valence-electron chi connectivity index (χ2n) is 2.97. The Morgan fingerprint density at radius 3 is 2.40 bits per heavy atom. The molecule has 0 atom stereocenters. The van der Waals surface area contributed by atoms with Crippen LogP contribution in [0.25, 0.3) is 11.3 Å². The van der Waals surface area contributed by atoms with Crippen LogP contribution in [0.15, 0.2) is 36.4 Å². The van der Waals surface area contributed by atoms with Crippen LogP contribution in [0.5, 0.6) is 0 Å². The van der Waals surface area contributed by atoms with Crippen molar-refractivity contribution >= 4 is 0 Å². The monoisotopic (exact) mass is 371 g/mol. The third-order valence-corrected chi connectivity index (χ3v) is 1.86. The molecule has 0 aliphatic carbocycles. The third kappa shape index (κ3) is 2.98. The third-order valence-electron chi connectivity index (χ3n) is 1.86. The van der Waals surface area contributed by atoms with Gasteiger partial charge in [-0.15, -0.1) is 35.4 Å². The molecule has 1 aromatic carbocycles. The summed E-state index contributed by atoms with van der Waals surface area (Å²) in [5.41, 5.74) is 2.75. The van der Waals surface area contributed by atoms with Gasteiger partial charge in [-0.1, -0.05) is 12.1 Å². The predicted molar refractivity (Wildman–Crippen MR) is 55.3 cm³/mol. The van der Waals surface area contributed by atoms with Crippen molar-refractivity contribution in [3.63, 3.8) is 0 Å². The van der Waals surface area contributed by atoms with E-state index in [2.05, 4.69) is 11.1 Å². The Hall–Kier alpha value is -0.981. The maximum atomic E-state index is 5.62. The Kier molecular flexibility index (Phi) is 4.19. The van der Waals surface area contributed by atoms with E-state index < -0.39 is 0 Å². The van der Waals surface area contributed by atoms with Crippen molar-refractivity contribution in [2.75, 3.05) is 0 Å². The van der Waals surface area contributed by atoms with E-state index in [1.165, 1.54) is 0 Å². The van der Waals surface area contributed by atoms with Crippen LogP contribution in [0, 0.1) is 19.9 Å². The molecule has 2 aromatic rings. The molecule has 0 aliphatic heterocycles. The number of nitrogens with zero attached hydrogens (tertiary/aromatic N) is 1. The second-order valence-corrected chi connectivity index (χ2v) is 2.97. The number of aromatic nitrogens is 1. The molecule has 0 saturated heterocycles. The smallest absolute Gasteiger partial charge is 0.0341 e. The molecule has 2 heteroatoms. The average Bonchev–Trinajstić information content (AvgIpc) is 2.18. The van der Waals surface area contributed by atoms with E-state index in [1.54, 1.807) is 12.1 Å². The van der Waals surface area contributed by atoms with Gasteiger partial charge < -0.3 is 4.98 Å². The Bertz CT molecular complexity index is 408. The number of hydrogen-bond donors (Lipinski definition) is 0. The van der Waals surface area contributed by atoms with Crippen molar-refractivity contribution < 1.29 is 20.1 Å². The summed E-state index contributed by atoms with van der Waals surface area (Å²) < 4.78 is 0. The molecule has 1 aromatic heterocycles. The Morgan fingerprint density at radius 1 is 1.00 bits per heavy atom. The van der Waals surface area contributed by atoms with E-state index in [4.69, 9.17) is 13.8 Å². The number of rotatable bonds is 1. The molecule has 0 saturated carbocycles. The van der Waals surface area contributed by atoms with E-state index in [0.29, 0.717) is 11.3 Å². The van der Waals surface area contributed by atoms with Gasteiger partial charge >= 0.3 is 0 Å². The molecule has 0 aliphatic rings. The molecule has 0 fully saturated rings. The SMILES string of the molecule is [CH]c1[c-]c(-c2cccc([CH])n2)ccc1.[Ir]. The Morgan fingerprint density at radius 2 is 1.73 bits per heavy atom. The van der Waals surface area contributed by atoms with Crippen LogP contribution in [-0.4, -0.2) is 4.98 Å². The van der Waals surface area contributed by atoms with E-state index in [1.807, 2.05) is 24.3 Å². The van der Waals surface area contributed by atoms with Gasteiger partial charge in [0.1, 0.15) is 0 Å². The molecule has 0 unspecified atom stereocenters. The zero-order chi connectivity index (χ0) is 9.97. The van der Waals surface area contributed by atoms with Gasteiger partial charge in [0.05, 0.1) is 0 Å². The van der Waals surface area contributed by atoms with Gasteiger partial charge in [0, 0.05) is 32.7 Å². The Balaban J connectivity index is 0.00000112. The number of hydrogen-bond acceptors (Lipinski definition) is 1. The van der Waals surface area contributed by atoms with Crippen LogP contribution in [-0.2, 0) is 20.1 Å². The zero-order valence-electron chi connectivity index (χ0n) is 7.90. The fraction of sp³-hybridized carbons (Fsp3) is 0. The van der Waals surface area contributed by atoms with E-state index >= 15 is 0 Å². The molecular weight excluding hydrogens is 362 g/mol. The molecule has 75 valence electrons. The largest absolute Gasteiger partial charge is 0.301 e. The summed E-state index contributed by atoms with van der Waals surface area (Å²) in [6.07, 6.45) is 0. The van der Waals surface area contributed by atoms with Crippen molar-refractivity contribution in [1.82, 2.24) is 4.98 Å². The van der Waals surface area contributed by atoms with E-state index in [9.17, 15) is 0 Å². The first-order valence-electron chi connectivity index (χ1n) is 4.26. The number of pyridine rings is 1.